The van der Waals surface area contributed by atoms with Crippen LogP contribution in [0.1, 0.15) is 62.9 Å². The first-order chi connectivity index (χ1) is 13.4. The van der Waals surface area contributed by atoms with E-state index in [-0.39, 0.29) is 17.5 Å². The van der Waals surface area contributed by atoms with Crippen LogP contribution in [-0.4, -0.2) is 38.8 Å². The zero-order valence-electron chi connectivity index (χ0n) is 16.5. The van der Waals surface area contributed by atoms with Gasteiger partial charge in [-0.05, 0) is 44.1 Å². The summed E-state index contributed by atoms with van der Waals surface area (Å²) < 4.78 is 0.729. The Kier molecular flexibility index (Phi) is 9.41. The molecule has 1 fully saturated rings. The molecule has 5 nitrogen and oxygen atoms in total. The van der Waals surface area contributed by atoms with Crippen LogP contribution in [0.15, 0.2) is 33.5 Å². The lowest BCUT2D eigenvalue weighted by Crippen LogP contribution is -2.14. The van der Waals surface area contributed by atoms with E-state index in [1.165, 1.54) is 23.1 Å². The lowest BCUT2D eigenvalue weighted by atomic mass is 9.92. The molecule has 1 heterocycles. The Balaban J connectivity index is 1.82. The number of Topliss-reactive ketones (excluding diaryl/α,β-unsaturated/α-hetero) is 1. The molecule has 2 rings (SSSR count). The summed E-state index contributed by atoms with van der Waals surface area (Å²) in [4.78, 5) is 27.2. The molecule has 1 unspecified atom stereocenters. The van der Waals surface area contributed by atoms with Crippen molar-refractivity contribution >= 4 is 34.9 Å². The molecule has 1 saturated carbocycles. The van der Waals surface area contributed by atoms with Crippen molar-refractivity contribution in [1.29, 1.82) is 0 Å². The third-order valence-electron chi connectivity index (χ3n) is 5.03. The zero-order valence-corrected chi connectivity index (χ0v) is 18.1. The van der Waals surface area contributed by atoms with Gasteiger partial charge in [0.05, 0.1) is 6.10 Å². The summed E-state index contributed by atoms with van der Waals surface area (Å²) in [5, 5.41) is 20.7. The number of thiazole rings is 1. The fourth-order valence-corrected chi connectivity index (χ4v) is 5.20. The number of nitrogens with zero attached hydrogens (tertiary/aromatic N) is 1. The van der Waals surface area contributed by atoms with E-state index in [1.807, 2.05) is 13.0 Å². The molecule has 0 radical (unpaired) electrons. The Morgan fingerprint density at radius 3 is 2.96 bits per heavy atom. The Hall–Kier alpha value is -1.44. The lowest BCUT2D eigenvalue weighted by Gasteiger charge is -2.15. The van der Waals surface area contributed by atoms with Crippen LogP contribution < -0.4 is 0 Å². The van der Waals surface area contributed by atoms with E-state index >= 15 is 0 Å². The molecule has 154 valence electrons. The van der Waals surface area contributed by atoms with E-state index in [9.17, 15) is 14.7 Å². The van der Waals surface area contributed by atoms with Crippen LogP contribution in [0, 0.1) is 11.8 Å². The number of carboxylic acids is 1. The van der Waals surface area contributed by atoms with Crippen molar-refractivity contribution in [2.45, 2.75) is 62.8 Å². The molecule has 0 aliphatic heterocycles. The van der Waals surface area contributed by atoms with E-state index < -0.39 is 12.1 Å². The average Bonchev–Trinajstić information content (AvgIpc) is 3.28. The number of rotatable bonds is 11. The molecule has 2 N–H and O–H groups in total. The molecule has 0 saturated heterocycles. The largest absolute Gasteiger partial charge is 0.476 e. The molecule has 1 aromatic rings. The van der Waals surface area contributed by atoms with Crippen LogP contribution in [-0.2, 0) is 4.79 Å². The standard InChI is InChI=1S/C21H29NO4S2/c1-3-4-6-14(2)18(23)8-5-7-15-9-10-19(24)16(15)11-12-27-21-22-17(13-28-21)20(25)26/h5-7,13,15-16,18,23H,3-4,8-12H2,1-2H3,(H,25,26)/b7-5+,14-6+/t15-,16+,18?/m0/s1. The van der Waals surface area contributed by atoms with Crippen LogP contribution in [0.5, 0.6) is 0 Å². The van der Waals surface area contributed by atoms with Crippen LogP contribution in [0.2, 0.25) is 0 Å². The number of allylic oxidation sites excluding steroid dienone is 2. The molecular formula is C21H29NO4S2. The normalized spacial score (nSPS) is 21.5. The Morgan fingerprint density at radius 2 is 2.29 bits per heavy atom. The number of carbonyl (C=O) groups excluding carboxylic acids is 1. The number of aromatic carboxylic acids is 1. The second-order valence-electron chi connectivity index (χ2n) is 7.13. The number of unbranched alkanes of at least 4 members (excludes halogenated alkanes) is 1. The first-order valence-electron chi connectivity index (χ1n) is 9.78. The maximum Gasteiger partial charge on any atom is 0.355 e. The maximum absolute atomic E-state index is 12.3. The summed E-state index contributed by atoms with van der Waals surface area (Å²) in [6.07, 6.45) is 10.6. The number of aliphatic hydroxyl groups is 1. The molecule has 28 heavy (non-hydrogen) atoms. The predicted octanol–water partition coefficient (Wildman–Crippen LogP) is 4.97. The van der Waals surface area contributed by atoms with Crippen molar-refractivity contribution in [3.63, 3.8) is 0 Å². The molecule has 3 atom stereocenters. The van der Waals surface area contributed by atoms with Crippen LogP contribution in [0.3, 0.4) is 0 Å². The van der Waals surface area contributed by atoms with Crippen molar-refractivity contribution in [2.75, 3.05) is 5.75 Å². The van der Waals surface area contributed by atoms with E-state index in [2.05, 4.69) is 24.1 Å². The fourth-order valence-electron chi connectivity index (χ4n) is 3.31. The Morgan fingerprint density at radius 1 is 1.50 bits per heavy atom. The highest BCUT2D eigenvalue weighted by Gasteiger charge is 2.32. The molecule has 0 spiro atoms. The number of aromatic nitrogens is 1. The molecule has 0 amide bonds. The van der Waals surface area contributed by atoms with Gasteiger partial charge in [0.1, 0.15) is 5.78 Å². The van der Waals surface area contributed by atoms with Gasteiger partial charge in [0, 0.05) is 23.5 Å². The highest BCUT2D eigenvalue weighted by atomic mass is 32.2. The van der Waals surface area contributed by atoms with Gasteiger partial charge >= 0.3 is 5.97 Å². The summed E-state index contributed by atoms with van der Waals surface area (Å²) >= 11 is 2.84. The van der Waals surface area contributed by atoms with Gasteiger partial charge in [0.2, 0.25) is 0 Å². The fraction of sp³-hybridized carbons (Fsp3) is 0.571. The topological polar surface area (TPSA) is 87.5 Å². The van der Waals surface area contributed by atoms with Crippen molar-refractivity contribution in [1.82, 2.24) is 4.98 Å². The minimum atomic E-state index is -1.01. The van der Waals surface area contributed by atoms with Crippen molar-refractivity contribution in [2.24, 2.45) is 11.8 Å². The number of carboxylic acid groups (broad SMARTS) is 1. The monoisotopic (exact) mass is 423 g/mol. The number of carbonyl (C=O) groups is 2. The third-order valence-corrected chi connectivity index (χ3v) is 7.09. The highest BCUT2D eigenvalue weighted by Crippen LogP contribution is 2.35. The zero-order chi connectivity index (χ0) is 20.5. The smallest absolute Gasteiger partial charge is 0.355 e. The van der Waals surface area contributed by atoms with Gasteiger partial charge in [0.25, 0.3) is 0 Å². The Bertz CT molecular complexity index is 726. The van der Waals surface area contributed by atoms with E-state index in [1.54, 1.807) is 5.38 Å². The summed E-state index contributed by atoms with van der Waals surface area (Å²) in [5.41, 5.74) is 1.08. The van der Waals surface area contributed by atoms with Crippen molar-refractivity contribution in [3.05, 3.63) is 34.9 Å². The number of hydrogen-bond acceptors (Lipinski definition) is 6. The molecule has 1 aliphatic rings. The number of hydrogen-bond donors (Lipinski definition) is 2. The van der Waals surface area contributed by atoms with E-state index in [0.717, 1.165) is 41.3 Å². The van der Waals surface area contributed by atoms with Gasteiger partial charge in [0.15, 0.2) is 10.0 Å². The minimum Gasteiger partial charge on any atom is -0.476 e. The highest BCUT2D eigenvalue weighted by molar-refractivity contribution is 8.01. The third kappa shape index (κ3) is 6.87. The minimum absolute atomic E-state index is 0.0107. The summed E-state index contributed by atoms with van der Waals surface area (Å²) in [5.74, 6) is 0.276. The van der Waals surface area contributed by atoms with Crippen LogP contribution in [0.4, 0.5) is 0 Å². The quantitative estimate of drug-likeness (QED) is 0.386. The van der Waals surface area contributed by atoms with Crippen LogP contribution >= 0.6 is 23.1 Å². The van der Waals surface area contributed by atoms with Gasteiger partial charge in [-0.25, -0.2) is 9.78 Å². The van der Waals surface area contributed by atoms with Crippen molar-refractivity contribution < 1.29 is 19.8 Å². The van der Waals surface area contributed by atoms with Crippen molar-refractivity contribution in [3.8, 4) is 0 Å². The molecule has 0 bridgehead atoms. The Labute approximate surface area is 175 Å². The molecule has 7 heteroatoms. The molecule has 0 aromatic carbocycles. The maximum atomic E-state index is 12.3. The number of aliphatic hydroxyl groups excluding tert-OH is 1. The first-order valence-corrected chi connectivity index (χ1v) is 11.6. The summed E-state index contributed by atoms with van der Waals surface area (Å²) in [6.45, 7) is 4.08. The summed E-state index contributed by atoms with van der Waals surface area (Å²) in [6, 6.07) is 0. The van der Waals surface area contributed by atoms with Gasteiger partial charge in [-0.2, -0.15) is 0 Å². The first kappa shape index (κ1) is 22.8. The molecule has 1 aliphatic carbocycles. The van der Waals surface area contributed by atoms with Gasteiger partial charge in [-0.15, -0.1) is 11.3 Å². The SMILES string of the molecule is CCC/C=C(\C)C(O)C/C=C/[C@H]1CCC(=O)[C@@H]1CCSc1nc(C(=O)O)cs1. The lowest BCUT2D eigenvalue weighted by molar-refractivity contribution is -0.121. The predicted molar refractivity (Wildman–Crippen MR) is 114 cm³/mol. The van der Waals surface area contributed by atoms with E-state index in [0.29, 0.717) is 18.6 Å². The average molecular weight is 424 g/mol. The number of thioether (sulfide) groups is 1. The van der Waals surface area contributed by atoms with Gasteiger partial charge < -0.3 is 10.2 Å². The molecule has 1 aromatic heterocycles. The van der Waals surface area contributed by atoms with Gasteiger partial charge in [-0.1, -0.05) is 43.3 Å². The second-order valence-corrected chi connectivity index (χ2v) is 9.33. The number of ketones is 1. The summed E-state index contributed by atoms with van der Waals surface area (Å²) in [7, 11) is 0. The van der Waals surface area contributed by atoms with Crippen LogP contribution in [0.25, 0.3) is 0 Å². The second kappa shape index (κ2) is 11.5. The van der Waals surface area contributed by atoms with Gasteiger partial charge in [-0.3, -0.25) is 4.79 Å². The molecular weight excluding hydrogens is 394 g/mol. The van der Waals surface area contributed by atoms with E-state index in [4.69, 9.17) is 5.11 Å².